The van der Waals surface area contributed by atoms with Crippen LogP contribution in [0.5, 0.6) is 0 Å². The minimum Gasteiger partial charge on any atom is -0.350 e. The van der Waals surface area contributed by atoms with Crippen LogP contribution in [0.25, 0.3) is 11.1 Å². The fourth-order valence-corrected chi connectivity index (χ4v) is 4.41. The monoisotopic (exact) mass is 384 g/mol. The van der Waals surface area contributed by atoms with E-state index in [0.29, 0.717) is 25.0 Å². The lowest BCUT2D eigenvalue weighted by Gasteiger charge is -2.25. The van der Waals surface area contributed by atoms with Crippen molar-refractivity contribution in [2.45, 2.75) is 44.7 Å². The number of hydrogen-bond donors (Lipinski definition) is 1. The fourth-order valence-electron chi connectivity index (χ4n) is 4.41. The second kappa shape index (κ2) is 7.66. The Morgan fingerprint density at radius 3 is 2.48 bits per heavy atom. The van der Waals surface area contributed by atoms with Crippen LogP contribution in [-0.2, 0) is 17.8 Å². The molecule has 5 nitrogen and oxygen atoms in total. The number of amides is 1. The van der Waals surface area contributed by atoms with Gasteiger partial charge in [0, 0.05) is 36.2 Å². The van der Waals surface area contributed by atoms with Crippen LogP contribution in [0.2, 0.25) is 0 Å². The van der Waals surface area contributed by atoms with Gasteiger partial charge in [-0.25, -0.2) is 9.97 Å². The van der Waals surface area contributed by atoms with Gasteiger partial charge in [-0.15, -0.1) is 0 Å². The summed E-state index contributed by atoms with van der Waals surface area (Å²) in [6.45, 7) is 0.692. The molecule has 5 heteroatoms. The van der Waals surface area contributed by atoms with Crippen molar-refractivity contribution in [2.75, 3.05) is 10.2 Å². The van der Waals surface area contributed by atoms with Crippen LogP contribution < -0.4 is 10.2 Å². The molecule has 1 aromatic heterocycles. The highest BCUT2D eigenvalue weighted by Crippen LogP contribution is 2.38. The molecule has 0 radical (unpaired) electrons. The van der Waals surface area contributed by atoms with Gasteiger partial charge in [-0.3, -0.25) is 4.79 Å². The molecule has 146 valence electrons. The van der Waals surface area contributed by atoms with Gasteiger partial charge in [0.15, 0.2) is 0 Å². The largest absolute Gasteiger partial charge is 0.350 e. The van der Waals surface area contributed by atoms with E-state index in [1.807, 2.05) is 35.5 Å². The molecule has 0 unspecified atom stereocenters. The van der Waals surface area contributed by atoms with Crippen LogP contribution in [0.1, 0.15) is 36.8 Å². The predicted octanol–water partition coefficient (Wildman–Crippen LogP) is 4.59. The average molecular weight is 384 g/mol. The molecule has 1 amide bonds. The van der Waals surface area contributed by atoms with Crippen LogP contribution >= 0.6 is 0 Å². The van der Waals surface area contributed by atoms with Crippen molar-refractivity contribution in [3.63, 3.8) is 0 Å². The number of benzene rings is 2. The molecule has 2 aliphatic rings. The van der Waals surface area contributed by atoms with E-state index in [2.05, 4.69) is 45.6 Å². The molecule has 2 aromatic carbocycles. The Morgan fingerprint density at radius 2 is 1.72 bits per heavy atom. The highest BCUT2D eigenvalue weighted by atomic mass is 16.2. The van der Waals surface area contributed by atoms with E-state index < -0.39 is 0 Å². The maximum Gasteiger partial charge on any atom is 0.231 e. The molecule has 0 saturated heterocycles. The second-order valence-corrected chi connectivity index (χ2v) is 7.86. The quantitative estimate of drug-likeness (QED) is 0.699. The maximum atomic E-state index is 12.6. The summed E-state index contributed by atoms with van der Waals surface area (Å²) in [6.07, 6.45) is 8.87. The van der Waals surface area contributed by atoms with Gasteiger partial charge in [-0.2, -0.15) is 0 Å². The highest BCUT2D eigenvalue weighted by Gasteiger charge is 2.34. The summed E-state index contributed by atoms with van der Waals surface area (Å²) in [5.74, 6) is 0.849. The average Bonchev–Trinajstić information content (AvgIpc) is 3.39. The SMILES string of the molecule is O=C1Cc2ccc(-c3cnc(NCc4ccccc4)nc3)cc2N1C1CCCC1. The van der Waals surface area contributed by atoms with Crippen molar-refractivity contribution in [3.8, 4) is 11.1 Å². The molecule has 1 N–H and O–H groups in total. The van der Waals surface area contributed by atoms with E-state index >= 15 is 0 Å². The molecule has 1 aliphatic carbocycles. The third kappa shape index (κ3) is 3.60. The Labute approximate surface area is 170 Å². The van der Waals surface area contributed by atoms with Crippen LogP contribution in [-0.4, -0.2) is 21.9 Å². The lowest BCUT2D eigenvalue weighted by molar-refractivity contribution is -0.117. The molecule has 1 fully saturated rings. The Bertz CT molecular complexity index is 1010. The van der Waals surface area contributed by atoms with E-state index in [9.17, 15) is 4.79 Å². The van der Waals surface area contributed by atoms with Crippen LogP contribution in [0, 0.1) is 0 Å². The molecule has 3 aromatic rings. The van der Waals surface area contributed by atoms with Gasteiger partial charge in [0.2, 0.25) is 11.9 Å². The zero-order valence-electron chi connectivity index (χ0n) is 16.3. The number of carbonyl (C=O) groups excluding carboxylic acids is 1. The number of nitrogens with one attached hydrogen (secondary N) is 1. The van der Waals surface area contributed by atoms with E-state index in [4.69, 9.17) is 0 Å². The molecule has 5 rings (SSSR count). The first-order valence-corrected chi connectivity index (χ1v) is 10.3. The molecule has 0 atom stereocenters. The molecular formula is C24H24N4O. The number of carbonyl (C=O) groups is 1. The summed E-state index contributed by atoms with van der Waals surface area (Å²) in [5.41, 5.74) is 5.41. The van der Waals surface area contributed by atoms with Gasteiger partial charge < -0.3 is 10.2 Å². The van der Waals surface area contributed by atoms with Crippen LogP contribution in [0.3, 0.4) is 0 Å². The summed E-state index contributed by atoms with van der Waals surface area (Å²) in [6, 6.07) is 16.8. The first-order valence-electron chi connectivity index (χ1n) is 10.3. The van der Waals surface area contributed by atoms with Gasteiger partial charge >= 0.3 is 0 Å². The van der Waals surface area contributed by atoms with Crippen molar-refractivity contribution in [1.82, 2.24) is 9.97 Å². The summed E-state index contributed by atoms with van der Waals surface area (Å²) in [5, 5.41) is 3.26. The zero-order valence-corrected chi connectivity index (χ0v) is 16.3. The molecule has 1 aliphatic heterocycles. The van der Waals surface area contributed by atoms with Crippen molar-refractivity contribution in [3.05, 3.63) is 72.1 Å². The Balaban J connectivity index is 1.34. The van der Waals surface area contributed by atoms with E-state index in [1.54, 1.807) is 0 Å². The van der Waals surface area contributed by atoms with Gasteiger partial charge in [-0.05, 0) is 35.6 Å². The third-order valence-corrected chi connectivity index (χ3v) is 5.92. The Kier molecular flexibility index (Phi) is 4.72. The van der Waals surface area contributed by atoms with E-state index in [1.165, 1.54) is 18.4 Å². The van der Waals surface area contributed by atoms with Gasteiger partial charge in [-0.1, -0.05) is 55.3 Å². The summed E-state index contributed by atoms with van der Waals surface area (Å²) in [4.78, 5) is 23.6. The minimum atomic E-state index is 0.237. The number of rotatable bonds is 5. The Morgan fingerprint density at radius 1 is 0.966 bits per heavy atom. The number of nitrogens with zero attached hydrogens (tertiary/aromatic N) is 3. The van der Waals surface area contributed by atoms with Gasteiger partial charge in [0.25, 0.3) is 0 Å². The van der Waals surface area contributed by atoms with Crippen LogP contribution in [0.15, 0.2) is 60.9 Å². The normalized spacial score (nSPS) is 16.3. The molecule has 0 bridgehead atoms. The van der Waals surface area contributed by atoms with E-state index in [-0.39, 0.29) is 5.91 Å². The standard InChI is InChI=1S/C24H24N4O/c29-23-13-19-11-10-18(12-22(19)28(23)21-8-4-5-9-21)20-15-26-24(27-16-20)25-14-17-6-2-1-3-7-17/h1-3,6-7,10-12,15-16,21H,4-5,8-9,13-14H2,(H,25,26,27). The summed E-state index contributed by atoms with van der Waals surface area (Å²) < 4.78 is 0. The second-order valence-electron chi connectivity index (χ2n) is 7.86. The maximum absolute atomic E-state index is 12.6. The first-order chi connectivity index (χ1) is 14.3. The van der Waals surface area contributed by atoms with Crippen molar-refractivity contribution in [1.29, 1.82) is 0 Å². The topological polar surface area (TPSA) is 58.1 Å². The predicted molar refractivity (Wildman–Crippen MR) is 115 cm³/mol. The van der Waals surface area contributed by atoms with Gasteiger partial charge in [0.05, 0.1) is 6.42 Å². The van der Waals surface area contributed by atoms with Gasteiger partial charge in [0.1, 0.15) is 0 Å². The molecule has 29 heavy (non-hydrogen) atoms. The Hall–Kier alpha value is -3.21. The smallest absolute Gasteiger partial charge is 0.231 e. The number of aromatic nitrogens is 2. The molecular weight excluding hydrogens is 360 g/mol. The lowest BCUT2D eigenvalue weighted by atomic mass is 10.0. The number of fused-ring (bicyclic) bond motifs is 1. The zero-order chi connectivity index (χ0) is 19.6. The molecule has 0 spiro atoms. The van der Waals surface area contributed by atoms with Crippen LogP contribution in [0.4, 0.5) is 11.6 Å². The third-order valence-electron chi connectivity index (χ3n) is 5.92. The first kappa shape index (κ1) is 17.9. The van der Waals surface area contributed by atoms with E-state index in [0.717, 1.165) is 35.2 Å². The fraction of sp³-hybridized carbons (Fsp3) is 0.292. The number of anilines is 2. The van der Waals surface area contributed by atoms with Crippen molar-refractivity contribution < 1.29 is 4.79 Å². The highest BCUT2D eigenvalue weighted by molar-refractivity contribution is 6.02. The van der Waals surface area contributed by atoms with Crippen molar-refractivity contribution >= 4 is 17.5 Å². The molecule has 1 saturated carbocycles. The number of hydrogen-bond acceptors (Lipinski definition) is 4. The van der Waals surface area contributed by atoms with Crippen molar-refractivity contribution in [2.24, 2.45) is 0 Å². The summed E-state index contributed by atoms with van der Waals surface area (Å²) in [7, 11) is 0. The minimum absolute atomic E-state index is 0.237. The summed E-state index contributed by atoms with van der Waals surface area (Å²) >= 11 is 0. The molecule has 2 heterocycles. The lowest BCUT2D eigenvalue weighted by Crippen LogP contribution is -2.35.